The minimum Gasteiger partial charge on any atom is -0.456 e. The molecule has 0 fully saturated rings. The molecule has 7 aromatic carbocycles. The van der Waals surface area contributed by atoms with E-state index in [0.29, 0.717) is 0 Å². The van der Waals surface area contributed by atoms with Crippen LogP contribution in [0.15, 0.2) is 168 Å². The molecular weight excluding hydrogens is 571 g/mol. The summed E-state index contributed by atoms with van der Waals surface area (Å²) in [6.45, 7) is 4.73. The highest BCUT2D eigenvalue weighted by atomic mass is 16.3. The average molecular weight is 604 g/mol. The Morgan fingerprint density at radius 1 is 0.426 bits per heavy atom. The van der Waals surface area contributed by atoms with Gasteiger partial charge in [0, 0.05) is 33.2 Å². The molecule has 0 saturated heterocycles. The Hall–Kier alpha value is -5.86. The van der Waals surface area contributed by atoms with Crippen molar-refractivity contribution in [3.8, 4) is 33.4 Å². The number of nitrogens with zero attached hydrogens (tertiary/aromatic N) is 1. The third-order valence-corrected chi connectivity index (χ3v) is 9.83. The number of fused-ring (bicyclic) bond motifs is 6. The van der Waals surface area contributed by atoms with Crippen LogP contribution in [0.3, 0.4) is 0 Å². The Bertz CT molecular complexity index is 2420. The lowest BCUT2D eigenvalue weighted by molar-refractivity contribution is 0.662. The maximum absolute atomic E-state index is 6.24. The first kappa shape index (κ1) is 27.5. The van der Waals surface area contributed by atoms with Gasteiger partial charge in [-0.15, -0.1) is 0 Å². The zero-order valence-electron chi connectivity index (χ0n) is 26.4. The van der Waals surface area contributed by atoms with Crippen LogP contribution in [-0.2, 0) is 5.41 Å². The summed E-state index contributed by atoms with van der Waals surface area (Å²) >= 11 is 0. The number of benzene rings is 7. The van der Waals surface area contributed by atoms with Crippen molar-refractivity contribution in [2.45, 2.75) is 19.3 Å². The van der Waals surface area contributed by atoms with Gasteiger partial charge >= 0.3 is 0 Å². The monoisotopic (exact) mass is 603 g/mol. The zero-order valence-corrected chi connectivity index (χ0v) is 26.4. The average Bonchev–Trinajstić information content (AvgIpc) is 3.61. The van der Waals surface area contributed by atoms with E-state index in [9.17, 15) is 0 Å². The molecule has 0 N–H and O–H groups in total. The van der Waals surface area contributed by atoms with E-state index >= 15 is 0 Å². The van der Waals surface area contributed by atoms with Crippen LogP contribution in [0.25, 0.3) is 55.3 Å². The van der Waals surface area contributed by atoms with Crippen molar-refractivity contribution in [2.24, 2.45) is 0 Å². The minimum absolute atomic E-state index is 0.133. The number of hydrogen-bond donors (Lipinski definition) is 0. The first-order chi connectivity index (χ1) is 23.1. The Kier molecular flexibility index (Phi) is 6.20. The molecule has 0 bridgehead atoms. The number of hydrogen-bond acceptors (Lipinski definition) is 2. The van der Waals surface area contributed by atoms with E-state index in [0.717, 1.165) is 39.0 Å². The SMILES string of the molecule is CC1(C)c2ccccc2-c2cc(N(c3ccc(-c4ccccc4)cc3)c3ccc4oc5ccccc5c4c3)cc(-c3ccccc3)c21. The molecule has 1 aliphatic carbocycles. The van der Waals surface area contributed by atoms with Gasteiger partial charge < -0.3 is 9.32 Å². The van der Waals surface area contributed by atoms with Crippen LogP contribution in [0.1, 0.15) is 25.0 Å². The Labute approximate surface area is 275 Å². The van der Waals surface area contributed by atoms with Gasteiger partial charge in [0.2, 0.25) is 0 Å². The molecule has 47 heavy (non-hydrogen) atoms. The van der Waals surface area contributed by atoms with Crippen molar-refractivity contribution in [3.05, 3.63) is 175 Å². The van der Waals surface area contributed by atoms with Gasteiger partial charge in [0.1, 0.15) is 11.2 Å². The lowest BCUT2D eigenvalue weighted by Gasteiger charge is -2.29. The second-order valence-corrected chi connectivity index (χ2v) is 13.0. The fourth-order valence-electron chi connectivity index (χ4n) is 7.62. The summed E-state index contributed by atoms with van der Waals surface area (Å²) in [4.78, 5) is 2.40. The number of furan rings is 1. The van der Waals surface area contributed by atoms with E-state index in [2.05, 4.69) is 170 Å². The lowest BCUT2D eigenvalue weighted by atomic mass is 9.78. The highest BCUT2D eigenvalue weighted by Gasteiger charge is 2.38. The van der Waals surface area contributed by atoms with Crippen LogP contribution >= 0.6 is 0 Å². The van der Waals surface area contributed by atoms with E-state index in [1.807, 2.05) is 12.1 Å². The molecule has 224 valence electrons. The first-order valence-electron chi connectivity index (χ1n) is 16.3. The Balaban J connectivity index is 1.31. The first-order valence-corrected chi connectivity index (χ1v) is 16.3. The summed E-state index contributed by atoms with van der Waals surface area (Å²) in [6, 6.07) is 58.9. The van der Waals surface area contributed by atoms with Crippen molar-refractivity contribution in [1.29, 1.82) is 0 Å². The smallest absolute Gasteiger partial charge is 0.135 e. The second kappa shape index (κ2) is 10.6. The van der Waals surface area contributed by atoms with Gasteiger partial charge in [-0.25, -0.2) is 0 Å². The third kappa shape index (κ3) is 4.40. The molecule has 0 amide bonds. The van der Waals surface area contributed by atoms with E-state index < -0.39 is 0 Å². The van der Waals surface area contributed by atoms with E-state index in [-0.39, 0.29) is 5.41 Å². The number of para-hydroxylation sites is 1. The van der Waals surface area contributed by atoms with Crippen LogP contribution < -0.4 is 4.90 Å². The fourth-order valence-corrected chi connectivity index (χ4v) is 7.62. The summed E-state index contributed by atoms with van der Waals surface area (Å²) < 4.78 is 6.24. The molecule has 0 spiro atoms. The van der Waals surface area contributed by atoms with Crippen molar-refractivity contribution in [3.63, 3.8) is 0 Å². The topological polar surface area (TPSA) is 16.4 Å². The van der Waals surface area contributed by atoms with E-state index in [1.54, 1.807) is 0 Å². The molecule has 2 heteroatoms. The summed E-state index contributed by atoms with van der Waals surface area (Å²) in [7, 11) is 0. The molecule has 1 aromatic heterocycles. The predicted molar refractivity (Wildman–Crippen MR) is 197 cm³/mol. The normalized spacial score (nSPS) is 13.1. The summed E-state index contributed by atoms with van der Waals surface area (Å²) in [5.41, 5.74) is 15.2. The van der Waals surface area contributed by atoms with Gasteiger partial charge in [0.25, 0.3) is 0 Å². The van der Waals surface area contributed by atoms with Gasteiger partial charge in [-0.3, -0.25) is 0 Å². The highest BCUT2D eigenvalue weighted by Crippen LogP contribution is 2.54. The molecule has 1 aliphatic rings. The maximum atomic E-state index is 6.24. The fraction of sp³-hybridized carbons (Fsp3) is 0.0667. The predicted octanol–water partition coefficient (Wildman–Crippen LogP) is 12.7. The molecule has 0 saturated carbocycles. The third-order valence-electron chi connectivity index (χ3n) is 9.83. The number of rotatable bonds is 5. The Morgan fingerprint density at radius 3 is 1.81 bits per heavy atom. The van der Waals surface area contributed by atoms with Crippen LogP contribution in [0, 0.1) is 0 Å². The summed E-state index contributed by atoms with van der Waals surface area (Å²) in [5.74, 6) is 0. The number of anilines is 3. The molecule has 1 heterocycles. The van der Waals surface area contributed by atoms with Crippen molar-refractivity contribution in [2.75, 3.05) is 4.90 Å². The molecule has 0 radical (unpaired) electrons. The van der Waals surface area contributed by atoms with Crippen molar-refractivity contribution >= 4 is 39.0 Å². The highest BCUT2D eigenvalue weighted by molar-refractivity contribution is 6.06. The second-order valence-electron chi connectivity index (χ2n) is 13.0. The standard InChI is InChI=1S/C45H33NO/c1-45(2)41-19-11-9-17-36(41)40-29-35(28-38(44(40)45)32-15-7-4-8-16-32)46(33-23-21-31(22-24-33)30-13-5-3-6-14-30)34-25-26-43-39(27-34)37-18-10-12-20-42(37)47-43/h3-29H,1-2H3. The molecule has 2 nitrogen and oxygen atoms in total. The Morgan fingerprint density at radius 2 is 1.02 bits per heavy atom. The molecule has 8 aromatic rings. The molecule has 9 rings (SSSR count). The van der Waals surface area contributed by atoms with E-state index in [4.69, 9.17) is 4.42 Å². The van der Waals surface area contributed by atoms with E-state index in [1.165, 1.54) is 44.5 Å². The van der Waals surface area contributed by atoms with Crippen LogP contribution in [-0.4, -0.2) is 0 Å². The van der Waals surface area contributed by atoms with Gasteiger partial charge in [0.15, 0.2) is 0 Å². The molecular formula is C45H33NO. The minimum atomic E-state index is -0.133. The largest absolute Gasteiger partial charge is 0.456 e. The quantitative estimate of drug-likeness (QED) is 0.195. The zero-order chi connectivity index (χ0) is 31.5. The maximum Gasteiger partial charge on any atom is 0.135 e. The molecule has 0 atom stereocenters. The van der Waals surface area contributed by atoms with Gasteiger partial charge in [-0.1, -0.05) is 129 Å². The molecule has 0 aliphatic heterocycles. The van der Waals surface area contributed by atoms with Gasteiger partial charge in [0.05, 0.1) is 0 Å². The van der Waals surface area contributed by atoms with Crippen molar-refractivity contribution in [1.82, 2.24) is 0 Å². The van der Waals surface area contributed by atoms with Gasteiger partial charge in [-0.2, -0.15) is 0 Å². The van der Waals surface area contributed by atoms with Crippen molar-refractivity contribution < 1.29 is 4.42 Å². The van der Waals surface area contributed by atoms with Gasteiger partial charge in [-0.05, 0) is 93.0 Å². The van der Waals surface area contributed by atoms with Crippen LogP contribution in [0.4, 0.5) is 17.1 Å². The summed E-state index contributed by atoms with van der Waals surface area (Å²) in [6.07, 6.45) is 0. The lowest BCUT2D eigenvalue weighted by Crippen LogP contribution is -2.17. The van der Waals surface area contributed by atoms with Crippen LogP contribution in [0.2, 0.25) is 0 Å². The summed E-state index contributed by atoms with van der Waals surface area (Å²) in [5, 5.41) is 2.23. The van der Waals surface area contributed by atoms with Crippen LogP contribution in [0.5, 0.6) is 0 Å². The molecule has 0 unspecified atom stereocenters.